The maximum absolute atomic E-state index is 10.9. The molecule has 1 heterocycles. The highest BCUT2D eigenvalue weighted by molar-refractivity contribution is 5.57. The molecule has 6 heteroatoms. The molecule has 0 saturated carbocycles. The molecule has 0 aliphatic rings. The summed E-state index contributed by atoms with van der Waals surface area (Å²) >= 11 is 0. The van der Waals surface area contributed by atoms with E-state index in [1.807, 2.05) is 0 Å². The molecule has 0 unspecified atom stereocenters. The number of aryl methyl sites for hydroxylation is 1. The van der Waals surface area contributed by atoms with Gasteiger partial charge in [0.1, 0.15) is 0 Å². The summed E-state index contributed by atoms with van der Waals surface area (Å²) in [6.07, 6.45) is 2.94. The van der Waals surface area contributed by atoms with Crippen LogP contribution in [0.3, 0.4) is 0 Å². The Morgan fingerprint density at radius 1 is 1.39 bits per heavy atom. The Bertz CT molecular complexity index is 599. The van der Waals surface area contributed by atoms with Gasteiger partial charge in [-0.25, -0.2) is 0 Å². The Labute approximate surface area is 103 Å². The van der Waals surface area contributed by atoms with Crippen LogP contribution in [-0.2, 0) is 0 Å². The Kier molecular flexibility index (Phi) is 3.09. The molecule has 0 aliphatic carbocycles. The molecular formula is C12H11N3O3. The van der Waals surface area contributed by atoms with Crippen LogP contribution in [0.4, 0.5) is 11.4 Å². The molecule has 0 aliphatic heterocycles. The fourth-order valence-electron chi connectivity index (χ4n) is 1.51. The quantitative estimate of drug-likeness (QED) is 0.663. The van der Waals surface area contributed by atoms with Gasteiger partial charge in [0.05, 0.1) is 16.8 Å². The summed E-state index contributed by atoms with van der Waals surface area (Å²) in [5.74, 6) is 0.544. The van der Waals surface area contributed by atoms with Crippen LogP contribution in [0.25, 0.3) is 0 Å². The molecule has 6 nitrogen and oxygen atoms in total. The minimum Gasteiger partial charge on any atom is -0.448 e. The molecule has 0 bridgehead atoms. The van der Waals surface area contributed by atoms with Gasteiger partial charge in [-0.3, -0.25) is 15.1 Å². The van der Waals surface area contributed by atoms with Crippen molar-refractivity contribution in [3.05, 3.63) is 52.3 Å². The van der Waals surface area contributed by atoms with Crippen molar-refractivity contribution < 1.29 is 9.66 Å². The van der Waals surface area contributed by atoms with Crippen LogP contribution in [0, 0.1) is 17.0 Å². The van der Waals surface area contributed by atoms with E-state index in [1.165, 1.54) is 18.5 Å². The van der Waals surface area contributed by atoms with E-state index in [0.29, 0.717) is 17.0 Å². The van der Waals surface area contributed by atoms with Crippen molar-refractivity contribution in [2.24, 2.45) is 0 Å². The number of anilines is 1. The maximum atomic E-state index is 10.9. The minimum atomic E-state index is -0.486. The van der Waals surface area contributed by atoms with Gasteiger partial charge in [0.2, 0.25) is 5.75 Å². The molecule has 18 heavy (non-hydrogen) atoms. The molecule has 0 radical (unpaired) electrons. The highest BCUT2D eigenvalue weighted by atomic mass is 16.6. The molecular weight excluding hydrogens is 234 g/mol. The summed E-state index contributed by atoms with van der Waals surface area (Å²) in [5, 5.41) is 10.9. The van der Waals surface area contributed by atoms with Gasteiger partial charge in [-0.2, -0.15) is 0 Å². The van der Waals surface area contributed by atoms with Gasteiger partial charge in [-0.05, 0) is 12.5 Å². The van der Waals surface area contributed by atoms with Crippen LogP contribution < -0.4 is 10.5 Å². The van der Waals surface area contributed by atoms with Crippen LogP contribution >= 0.6 is 0 Å². The monoisotopic (exact) mass is 245 g/mol. The van der Waals surface area contributed by atoms with Gasteiger partial charge in [0, 0.05) is 18.3 Å². The van der Waals surface area contributed by atoms with E-state index in [4.69, 9.17) is 10.5 Å². The number of nitrogens with two attached hydrogens (primary N) is 1. The smallest absolute Gasteiger partial charge is 0.311 e. The van der Waals surface area contributed by atoms with Gasteiger partial charge >= 0.3 is 5.69 Å². The predicted molar refractivity (Wildman–Crippen MR) is 66.6 cm³/mol. The number of benzene rings is 1. The van der Waals surface area contributed by atoms with E-state index in [1.54, 1.807) is 25.1 Å². The summed E-state index contributed by atoms with van der Waals surface area (Å²) in [6.45, 7) is 1.74. The third kappa shape index (κ3) is 2.22. The van der Waals surface area contributed by atoms with Crippen molar-refractivity contribution in [2.75, 3.05) is 5.73 Å². The molecule has 2 rings (SSSR count). The van der Waals surface area contributed by atoms with Crippen molar-refractivity contribution in [1.82, 2.24) is 4.98 Å². The zero-order chi connectivity index (χ0) is 13.1. The molecule has 1 aromatic carbocycles. The predicted octanol–water partition coefficient (Wildman–Crippen LogP) is 2.67. The topological polar surface area (TPSA) is 91.3 Å². The number of nitrogens with zero attached hydrogens (tertiary/aromatic N) is 2. The van der Waals surface area contributed by atoms with Gasteiger partial charge in [-0.15, -0.1) is 0 Å². The first-order valence-corrected chi connectivity index (χ1v) is 5.21. The van der Waals surface area contributed by atoms with Crippen LogP contribution in [0.2, 0.25) is 0 Å². The van der Waals surface area contributed by atoms with Crippen molar-refractivity contribution in [1.29, 1.82) is 0 Å². The highest BCUT2D eigenvalue weighted by Crippen LogP contribution is 2.35. The zero-order valence-electron chi connectivity index (χ0n) is 9.66. The van der Waals surface area contributed by atoms with E-state index in [0.717, 1.165) is 0 Å². The summed E-state index contributed by atoms with van der Waals surface area (Å²) in [7, 11) is 0. The summed E-state index contributed by atoms with van der Waals surface area (Å²) in [6, 6.07) is 6.29. The van der Waals surface area contributed by atoms with Gasteiger partial charge in [-0.1, -0.05) is 12.1 Å². The molecule has 2 aromatic rings. The van der Waals surface area contributed by atoms with E-state index < -0.39 is 4.92 Å². The molecule has 1 aromatic heterocycles. The zero-order valence-corrected chi connectivity index (χ0v) is 9.66. The normalized spacial score (nSPS) is 10.1. The standard InChI is InChI=1S/C12H11N3O3/c1-8-3-2-4-10(15(16)17)12(8)18-11-5-6-14-7-9(11)13/h2-7H,13H2,1H3. The number of rotatable bonds is 3. The number of nitrogen functional groups attached to an aromatic ring is 1. The van der Waals surface area contributed by atoms with Crippen LogP contribution in [-0.4, -0.2) is 9.91 Å². The Morgan fingerprint density at radius 2 is 2.17 bits per heavy atom. The molecule has 0 amide bonds. The van der Waals surface area contributed by atoms with E-state index in [-0.39, 0.29) is 11.4 Å². The van der Waals surface area contributed by atoms with Gasteiger partial charge in [0.15, 0.2) is 5.75 Å². The van der Waals surface area contributed by atoms with E-state index in [2.05, 4.69) is 4.98 Å². The number of nitro benzene ring substituents is 1. The van der Waals surface area contributed by atoms with Gasteiger partial charge < -0.3 is 10.5 Å². The first-order chi connectivity index (χ1) is 8.59. The largest absolute Gasteiger partial charge is 0.448 e. The SMILES string of the molecule is Cc1cccc([N+](=O)[O-])c1Oc1ccncc1N. The van der Waals surface area contributed by atoms with Crippen molar-refractivity contribution in [3.63, 3.8) is 0 Å². The lowest BCUT2D eigenvalue weighted by atomic mass is 10.2. The number of nitro groups is 1. The number of pyridine rings is 1. The van der Waals surface area contributed by atoms with E-state index >= 15 is 0 Å². The first kappa shape index (κ1) is 11.8. The second-order valence-corrected chi connectivity index (χ2v) is 3.70. The third-order valence-electron chi connectivity index (χ3n) is 2.41. The van der Waals surface area contributed by atoms with Crippen molar-refractivity contribution in [3.8, 4) is 11.5 Å². The van der Waals surface area contributed by atoms with Crippen molar-refractivity contribution >= 4 is 11.4 Å². The van der Waals surface area contributed by atoms with Crippen LogP contribution in [0.15, 0.2) is 36.7 Å². The summed E-state index contributed by atoms with van der Waals surface area (Å²) < 4.78 is 5.53. The molecule has 0 spiro atoms. The Hall–Kier alpha value is -2.63. The minimum absolute atomic E-state index is 0.0915. The second kappa shape index (κ2) is 4.70. The molecule has 2 N–H and O–H groups in total. The lowest BCUT2D eigenvalue weighted by Gasteiger charge is -2.10. The highest BCUT2D eigenvalue weighted by Gasteiger charge is 2.18. The van der Waals surface area contributed by atoms with Crippen molar-refractivity contribution in [2.45, 2.75) is 6.92 Å². The second-order valence-electron chi connectivity index (χ2n) is 3.70. The Balaban J connectivity index is 2.46. The average molecular weight is 245 g/mol. The summed E-state index contributed by atoms with van der Waals surface area (Å²) in [5.41, 5.74) is 6.59. The number of para-hydroxylation sites is 1. The lowest BCUT2D eigenvalue weighted by Crippen LogP contribution is -1.98. The fourth-order valence-corrected chi connectivity index (χ4v) is 1.51. The molecule has 0 atom stereocenters. The fraction of sp³-hybridized carbons (Fsp3) is 0.0833. The molecule has 0 saturated heterocycles. The van der Waals surface area contributed by atoms with Gasteiger partial charge in [0.25, 0.3) is 0 Å². The van der Waals surface area contributed by atoms with Crippen LogP contribution in [0.1, 0.15) is 5.56 Å². The van der Waals surface area contributed by atoms with Crippen LogP contribution in [0.5, 0.6) is 11.5 Å². The average Bonchev–Trinajstić information content (AvgIpc) is 2.34. The number of hydrogen-bond donors (Lipinski definition) is 1. The number of ether oxygens (including phenoxy) is 1. The molecule has 0 fully saturated rings. The molecule has 92 valence electrons. The Morgan fingerprint density at radius 3 is 2.83 bits per heavy atom. The number of hydrogen-bond acceptors (Lipinski definition) is 5. The number of aromatic nitrogens is 1. The first-order valence-electron chi connectivity index (χ1n) is 5.21. The summed E-state index contributed by atoms with van der Waals surface area (Å²) in [4.78, 5) is 14.3. The lowest BCUT2D eigenvalue weighted by molar-refractivity contribution is -0.385. The van der Waals surface area contributed by atoms with E-state index in [9.17, 15) is 10.1 Å². The maximum Gasteiger partial charge on any atom is 0.311 e. The third-order valence-corrected chi connectivity index (χ3v) is 2.41.